The summed E-state index contributed by atoms with van der Waals surface area (Å²) in [5.41, 5.74) is 5.48. The van der Waals surface area contributed by atoms with Gasteiger partial charge in [0.1, 0.15) is 0 Å². The average Bonchev–Trinajstić information content (AvgIpc) is 3.26. The van der Waals surface area contributed by atoms with Crippen molar-refractivity contribution in [1.82, 2.24) is 0 Å². The Morgan fingerprint density at radius 1 is 0.630 bits per heavy atom. The van der Waals surface area contributed by atoms with Crippen molar-refractivity contribution < 1.29 is 48.1 Å². The molecule has 0 bridgehead atoms. The van der Waals surface area contributed by atoms with Gasteiger partial charge in [0.2, 0.25) is 0 Å². The van der Waals surface area contributed by atoms with E-state index >= 15 is 0 Å². The Kier molecular flexibility index (Phi) is 12.4. The van der Waals surface area contributed by atoms with Gasteiger partial charge in [-0.1, -0.05) is 37.1 Å². The predicted octanol–water partition coefficient (Wildman–Crippen LogP) is 0.560. The largest absolute Gasteiger partial charge is 1.00 e. The summed E-state index contributed by atoms with van der Waals surface area (Å²) < 4.78 is 0. The summed E-state index contributed by atoms with van der Waals surface area (Å²) in [6.45, 7) is 10.8. The topological polar surface area (TPSA) is 0 Å². The maximum absolute atomic E-state index is 2.19. The van der Waals surface area contributed by atoms with Crippen LogP contribution in [0.5, 0.6) is 0 Å². The van der Waals surface area contributed by atoms with E-state index in [1.165, 1.54) is 50.0 Å². The van der Waals surface area contributed by atoms with Crippen molar-refractivity contribution in [3.63, 3.8) is 0 Å². The van der Waals surface area contributed by atoms with Crippen LogP contribution in [0.1, 0.15) is 22.3 Å². The third-order valence-electron chi connectivity index (χ3n) is 4.50. The van der Waals surface area contributed by atoms with E-state index in [0.29, 0.717) is 0 Å². The van der Waals surface area contributed by atoms with E-state index in [4.69, 9.17) is 0 Å². The summed E-state index contributed by atoms with van der Waals surface area (Å²) in [6, 6.07) is 21.7. The van der Waals surface area contributed by atoms with Gasteiger partial charge in [0.25, 0.3) is 0 Å². The van der Waals surface area contributed by atoms with Crippen LogP contribution in [0.2, 0.25) is 6.55 Å². The third kappa shape index (κ3) is 6.71. The second-order valence-electron chi connectivity index (χ2n) is 6.35. The maximum Gasteiger partial charge on any atom is -0.0488 e. The van der Waals surface area contributed by atoms with Crippen LogP contribution in [-0.4, -0.2) is 6.16 Å². The van der Waals surface area contributed by atoms with E-state index in [1.54, 1.807) is 23.3 Å². The Morgan fingerprint density at radius 2 is 0.926 bits per heavy atom. The van der Waals surface area contributed by atoms with E-state index in [2.05, 4.69) is 94.9 Å². The fourth-order valence-electron chi connectivity index (χ4n) is 3.07. The molecule has 0 aliphatic carbocycles. The van der Waals surface area contributed by atoms with Gasteiger partial charge in [-0.25, -0.2) is 0 Å². The van der Waals surface area contributed by atoms with Crippen LogP contribution in [0.4, 0.5) is 0 Å². The molecule has 4 aromatic carbocycles. The van der Waals surface area contributed by atoms with Crippen molar-refractivity contribution in [2.75, 3.05) is 0 Å². The first-order valence-corrected chi connectivity index (χ1v) is 13.7. The van der Waals surface area contributed by atoms with E-state index in [-0.39, 0.29) is 24.8 Å². The molecule has 0 aliphatic rings. The molecular weight excluding hydrogens is 466 g/mol. The normalized spacial score (nSPS) is 9.30. The zero-order valence-corrected chi connectivity index (χ0v) is 21.5. The molecule has 0 nitrogen and oxygen atoms in total. The van der Waals surface area contributed by atoms with E-state index in [0.717, 1.165) is 0 Å². The van der Waals surface area contributed by atoms with Crippen molar-refractivity contribution in [3.05, 3.63) is 82.9 Å². The second kappa shape index (κ2) is 12.7. The first-order valence-electron chi connectivity index (χ1n) is 8.56. The number of rotatable bonds is 0. The molecule has 0 N–H and O–H groups in total. The van der Waals surface area contributed by atoms with Gasteiger partial charge in [0.15, 0.2) is 0 Å². The van der Waals surface area contributed by atoms with Crippen LogP contribution in [0.15, 0.2) is 60.7 Å². The zero-order valence-electron chi connectivity index (χ0n) is 16.5. The van der Waals surface area contributed by atoms with Crippen molar-refractivity contribution in [2.24, 2.45) is 0 Å². The fraction of sp³-hybridized carbons (Fsp3) is 0.217. The summed E-state index contributed by atoms with van der Waals surface area (Å²) in [5, 5.41) is 5.57. The van der Waals surface area contributed by atoms with Gasteiger partial charge in [0.05, 0.1) is 0 Å². The van der Waals surface area contributed by atoms with Crippen LogP contribution in [0.25, 0.3) is 21.5 Å². The smallest absolute Gasteiger partial charge is 0.0488 e. The van der Waals surface area contributed by atoms with Crippen LogP contribution in [-0.2, 0) is 23.3 Å². The monoisotopic (exact) mass is 489 g/mol. The minimum absolute atomic E-state index is 0. The van der Waals surface area contributed by atoms with E-state index in [1.807, 2.05) is 0 Å². The Balaban J connectivity index is 0.000000412. The van der Waals surface area contributed by atoms with Gasteiger partial charge < -0.3 is 24.8 Å². The molecule has 4 rings (SSSR count). The Bertz CT molecular complexity index is 833. The van der Waals surface area contributed by atoms with Crippen molar-refractivity contribution in [3.8, 4) is 0 Å². The zero-order chi connectivity index (χ0) is 18.4. The van der Waals surface area contributed by atoms with Gasteiger partial charge in [-0.2, -0.15) is 24.3 Å². The molecule has 0 aliphatic heterocycles. The molecule has 4 aromatic rings. The molecule has 0 unspecified atom stereocenters. The summed E-state index contributed by atoms with van der Waals surface area (Å²) in [5.74, 6) is 0. The SMILES string of the molecule is C[Si]=[Zr+2].Cc1ccc(C)c2[cH-]ccc12.Cc1ccc(C)c2[cH-]ccc12.[Cl-].[Cl-]. The molecule has 0 heterocycles. The van der Waals surface area contributed by atoms with Crippen molar-refractivity contribution in [2.45, 2.75) is 34.2 Å². The maximum atomic E-state index is 2.19. The molecule has 1 radical (unpaired) electrons. The molecular formula is C23H25Cl2SiZr-2. The van der Waals surface area contributed by atoms with Gasteiger partial charge in [-0.3, -0.25) is 0 Å². The van der Waals surface area contributed by atoms with E-state index < -0.39 is 0 Å². The molecule has 0 aromatic heterocycles. The minimum atomic E-state index is 0. The van der Waals surface area contributed by atoms with Crippen molar-refractivity contribution in [1.29, 1.82) is 0 Å². The molecule has 0 fully saturated rings. The van der Waals surface area contributed by atoms with Gasteiger partial charge in [-0.05, 0) is 13.8 Å². The molecule has 0 atom stereocenters. The molecule has 0 amide bonds. The van der Waals surface area contributed by atoms with Gasteiger partial charge >= 0.3 is 36.0 Å². The molecule has 141 valence electrons. The fourth-order valence-corrected chi connectivity index (χ4v) is 3.07. The summed E-state index contributed by atoms with van der Waals surface area (Å²) >= 11 is 1.66. The van der Waals surface area contributed by atoms with Crippen LogP contribution in [0, 0.1) is 27.7 Å². The number of hydrogen-bond donors (Lipinski definition) is 0. The molecule has 0 saturated carbocycles. The Morgan fingerprint density at radius 3 is 1.22 bits per heavy atom. The quantitative estimate of drug-likeness (QED) is 0.249. The number of fused-ring (bicyclic) bond motifs is 2. The molecule has 4 heteroatoms. The molecule has 0 spiro atoms. The number of aryl methyl sites for hydroxylation is 4. The standard InChI is InChI=1S/2C11H11.CH3Si.2ClH.Zr/c2*1-8-6-7-9(2)11-5-3-4-10(8)11;1-2;;;/h2*3-7H,1-2H3;1H3;2*1H;/q2*-1;;;;+2/p-2. The first-order chi connectivity index (χ1) is 12.0. The summed E-state index contributed by atoms with van der Waals surface area (Å²) in [6.07, 6.45) is 1.17. The first kappa shape index (κ1) is 26.3. The number of hydrogen-bond acceptors (Lipinski definition) is 0. The van der Waals surface area contributed by atoms with E-state index in [9.17, 15) is 0 Å². The number of halogens is 2. The summed E-state index contributed by atoms with van der Waals surface area (Å²) in [7, 11) is 0. The number of benzene rings is 2. The second-order valence-corrected chi connectivity index (χ2v) is 10.5. The summed E-state index contributed by atoms with van der Waals surface area (Å²) in [4.78, 5) is 0. The Labute approximate surface area is 191 Å². The average molecular weight is 492 g/mol. The minimum Gasteiger partial charge on any atom is -1.00 e. The van der Waals surface area contributed by atoms with Crippen molar-refractivity contribution >= 4 is 27.7 Å². The van der Waals surface area contributed by atoms with Crippen LogP contribution in [0.3, 0.4) is 0 Å². The van der Waals surface area contributed by atoms with Gasteiger partial charge in [0, 0.05) is 0 Å². The third-order valence-corrected chi connectivity index (χ3v) is 4.50. The molecule has 0 saturated heterocycles. The van der Waals surface area contributed by atoms with Crippen LogP contribution < -0.4 is 24.8 Å². The predicted molar refractivity (Wildman–Crippen MR) is 110 cm³/mol. The molecule has 27 heavy (non-hydrogen) atoms. The van der Waals surface area contributed by atoms with Crippen LogP contribution >= 0.6 is 0 Å². The Hall–Kier alpha value is -0.660. The van der Waals surface area contributed by atoms with Gasteiger partial charge in [-0.15, -0.1) is 56.9 Å².